The summed E-state index contributed by atoms with van der Waals surface area (Å²) in [5.74, 6) is 0.125. The Morgan fingerprint density at radius 2 is 1.90 bits per heavy atom. The fourth-order valence-electron chi connectivity index (χ4n) is 2.85. The largest absolute Gasteiger partial charge is 0.491 e. The average molecular weight is 432 g/mol. The summed E-state index contributed by atoms with van der Waals surface area (Å²) in [4.78, 5) is 22.2. The van der Waals surface area contributed by atoms with Gasteiger partial charge in [0.25, 0.3) is 0 Å². The standard InChI is InChI=1S/C21H24N2O6S/c1-23-18-7-6-17(10-19(18)30-21(23)27)28-12-15(24)11-22-9-8-14-2-4-16(5-3-14)29-13-20(25)26/h2-7,10,15,22,24H,8-9,11-13H2,1H3,(H,25,26). The number of aryl methyl sites for hydroxylation is 1. The first kappa shape index (κ1) is 21.8. The van der Waals surface area contributed by atoms with Crippen molar-refractivity contribution >= 4 is 27.5 Å². The van der Waals surface area contributed by atoms with Crippen LogP contribution in [-0.2, 0) is 18.3 Å². The minimum Gasteiger partial charge on any atom is -0.491 e. The van der Waals surface area contributed by atoms with Crippen molar-refractivity contribution in [3.8, 4) is 11.5 Å². The zero-order valence-electron chi connectivity index (χ0n) is 16.5. The van der Waals surface area contributed by atoms with Crippen LogP contribution in [0.25, 0.3) is 10.2 Å². The van der Waals surface area contributed by atoms with Gasteiger partial charge < -0.3 is 29.6 Å². The van der Waals surface area contributed by atoms with Gasteiger partial charge >= 0.3 is 10.8 Å². The molecule has 8 nitrogen and oxygen atoms in total. The van der Waals surface area contributed by atoms with Crippen molar-refractivity contribution in [2.75, 3.05) is 26.3 Å². The molecule has 1 atom stereocenters. The molecule has 0 saturated heterocycles. The van der Waals surface area contributed by atoms with Gasteiger partial charge in [-0.1, -0.05) is 23.5 Å². The lowest BCUT2D eigenvalue weighted by Gasteiger charge is -2.13. The van der Waals surface area contributed by atoms with Crippen LogP contribution >= 0.6 is 11.3 Å². The number of thiazole rings is 1. The van der Waals surface area contributed by atoms with E-state index in [9.17, 15) is 14.7 Å². The zero-order valence-corrected chi connectivity index (χ0v) is 17.4. The molecular formula is C21H24N2O6S. The van der Waals surface area contributed by atoms with Crippen LogP contribution in [0.1, 0.15) is 5.56 Å². The van der Waals surface area contributed by atoms with E-state index in [4.69, 9.17) is 14.6 Å². The summed E-state index contributed by atoms with van der Waals surface area (Å²) in [6.45, 7) is 0.854. The lowest BCUT2D eigenvalue weighted by Crippen LogP contribution is -2.32. The minimum atomic E-state index is -1.01. The molecular weight excluding hydrogens is 408 g/mol. The first-order valence-corrected chi connectivity index (χ1v) is 10.3. The van der Waals surface area contributed by atoms with Crippen molar-refractivity contribution in [2.45, 2.75) is 12.5 Å². The molecule has 3 aromatic rings. The number of aliphatic carboxylic acids is 1. The van der Waals surface area contributed by atoms with Crippen molar-refractivity contribution < 1.29 is 24.5 Å². The number of hydrogen-bond donors (Lipinski definition) is 3. The smallest absolute Gasteiger partial charge is 0.341 e. The first-order valence-electron chi connectivity index (χ1n) is 9.47. The number of aliphatic hydroxyl groups is 1. The summed E-state index contributed by atoms with van der Waals surface area (Å²) in [6, 6.07) is 12.7. The summed E-state index contributed by atoms with van der Waals surface area (Å²) in [5, 5.41) is 21.9. The Balaban J connectivity index is 1.36. The van der Waals surface area contributed by atoms with E-state index in [-0.39, 0.29) is 18.1 Å². The van der Waals surface area contributed by atoms with Crippen LogP contribution in [0.5, 0.6) is 11.5 Å². The van der Waals surface area contributed by atoms with Gasteiger partial charge in [0.05, 0.1) is 10.2 Å². The van der Waals surface area contributed by atoms with Gasteiger partial charge in [0.2, 0.25) is 0 Å². The van der Waals surface area contributed by atoms with Gasteiger partial charge in [-0.3, -0.25) is 4.79 Å². The van der Waals surface area contributed by atoms with Gasteiger partial charge in [-0.2, -0.15) is 0 Å². The number of rotatable bonds is 11. The quantitative estimate of drug-likeness (QED) is 0.395. The number of carboxylic acids is 1. The second-order valence-corrected chi connectivity index (χ2v) is 7.80. The molecule has 0 aliphatic rings. The molecule has 1 aromatic heterocycles. The predicted molar refractivity (Wildman–Crippen MR) is 115 cm³/mol. The fourth-order valence-corrected chi connectivity index (χ4v) is 3.76. The van der Waals surface area contributed by atoms with E-state index in [2.05, 4.69) is 5.32 Å². The molecule has 0 aliphatic heterocycles. The summed E-state index contributed by atoms with van der Waals surface area (Å²) in [7, 11) is 1.73. The molecule has 0 aliphatic carbocycles. The lowest BCUT2D eigenvalue weighted by molar-refractivity contribution is -0.139. The summed E-state index contributed by atoms with van der Waals surface area (Å²) in [5.41, 5.74) is 1.94. The van der Waals surface area contributed by atoms with Crippen molar-refractivity contribution in [1.82, 2.24) is 9.88 Å². The van der Waals surface area contributed by atoms with Crippen molar-refractivity contribution in [3.63, 3.8) is 0 Å². The Kier molecular flexibility index (Phi) is 7.45. The van der Waals surface area contributed by atoms with Crippen molar-refractivity contribution in [2.24, 2.45) is 7.05 Å². The van der Waals surface area contributed by atoms with Gasteiger partial charge in [-0.25, -0.2) is 4.79 Å². The second-order valence-electron chi connectivity index (χ2n) is 6.80. The highest BCUT2D eigenvalue weighted by Crippen LogP contribution is 2.22. The van der Waals surface area contributed by atoms with Crippen LogP contribution in [0.3, 0.4) is 0 Å². The Morgan fingerprint density at radius 1 is 1.17 bits per heavy atom. The van der Waals surface area contributed by atoms with Crippen LogP contribution in [0, 0.1) is 0 Å². The van der Waals surface area contributed by atoms with E-state index in [0.717, 1.165) is 22.2 Å². The number of fused-ring (bicyclic) bond motifs is 1. The number of aromatic nitrogens is 1. The summed E-state index contributed by atoms with van der Waals surface area (Å²) in [6.07, 6.45) is 0.0955. The highest BCUT2D eigenvalue weighted by atomic mass is 32.1. The van der Waals surface area contributed by atoms with E-state index >= 15 is 0 Å². The second kappa shape index (κ2) is 10.2. The Morgan fingerprint density at radius 3 is 2.63 bits per heavy atom. The summed E-state index contributed by atoms with van der Waals surface area (Å²) < 4.78 is 13.2. The monoisotopic (exact) mass is 432 g/mol. The van der Waals surface area contributed by atoms with Crippen molar-refractivity contribution in [3.05, 3.63) is 57.7 Å². The van der Waals surface area contributed by atoms with Gasteiger partial charge in [0.1, 0.15) is 24.2 Å². The third-order valence-electron chi connectivity index (χ3n) is 4.46. The Hall–Kier alpha value is -2.88. The SMILES string of the molecule is Cn1c(=O)sc2cc(OCC(O)CNCCc3ccc(OCC(=O)O)cc3)ccc21. The van der Waals surface area contributed by atoms with Gasteiger partial charge in [0, 0.05) is 13.6 Å². The maximum atomic E-state index is 11.7. The van der Waals surface area contributed by atoms with E-state index < -0.39 is 12.1 Å². The molecule has 0 fully saturated rings. The highest BCUT2D eigenvalue weighted by Gasteiger charge is 2.08. The topological polar surface area (TPSA) is 110 Å². The number of nitrogens with zero attached hydrogens (tertiary/aromatic N) is 1. The maximum Gasteiger partial charge on any atom is 0.341 e. The normalized spacial score (nSPS) is 12.1. The van der Waals surface area contributed by atoms with Crippen LogP contribution in [0.2, 0.25) is 0 Å². The Labute approximate surface area is 177 Å². The number of nitrogens with one attached hydrogen (secondary N) is 1. The number of aliphatic hydroxyl groups excluding tert-OH is 1. The molecule has 0 spiro atoms. The molecule has 3 N–H and O–H groups in total. The number of ether oxygens (including phenoxy) is 2. The first-order chi connectivity index (χ1) is 14.4. The lowest BCUT2D eigenvalue weighted by atomic mass is 10.1. The Bertz CT molecular complexity index is 1040. The highest BCUT2D eigenvalue weighted by molar-refractivity contribution is 7.16. The predicted octanol–water partition coefficient (Wildman–Crippen LogP) is 1.64. The molecule has 0 bridgehead atoms. The van der Waals surface area contributed by atoms with Gasteiger partial charge in [-0.15, -0.1) is 0 Å². The van der Waals surface area contributed by atoms with Crippen molar-refractivity contribution in [1.29, 1.82) is 0 Å². The number of hydrogen-bond acceptors (Lipinski definition) is 7. The third-order valence-corrected chi connectivity index (χ3v) is 5.46. The maximum absolute atomic E-state index is 11.7. The average Bonchev–Trinajstić information content (AvgIpc) is 3.02. The van der Waals surface area contributed by atoms with E-state index in [1.807, 2.05) is 24.3 Å². The fraction of sp³-hybridized carbons (Fsp3) is 0.333. The molecule has 30 heavy (non-hydrogen) atoms. The zero-order chi connectivity index (χ0) is 21.5. The molecule has 160 valence electrons. The van der Waals surface area contributed by atoms with Crippen LogP contribution < -0.4 is 19.7 Å². The minimum absolute atomic E-state index is 0.0196. The number of carbonyl (C=O) groups is 1. The van der Waals surface area contributed by atoms with E-state index in [1.54, 1.807) is 29.8 Å². The van der Waals surface area contributed by atoms with Gasteiger partial charge in [0.15, 0.2) is 6.61 Å². The molecule has 1 heterocycles. The summed E-state index contributed by atoms with van der Waals surface area (Å²) >= 11 is 1.17. The van der Waals surface area contributed by atoms with E-state index in [0.29, 0.717) is 24.6 Å². The van der Waals surface area contributed by atoms with E-state index in [1.165, 1.54) is 11.3 Å². The molecule has 3 rings (SSSR count). The van der Waals surface area contributed by atoms with Crippen LogP contribution in [0.15, 0.2) is 47.3 Å². The molecule has 0 amide bonds. The van der Waals surface area contributed by atoms with Crippen LogP contribution in [0.4, 0.5) is 0 Å². The number of benzene rings is 2. The molecule has 1 unspecified atom stereocenters. The molecule has 2 aromatic carbocycles. The molecule has 0 radical (unpaired) electrons. The molecule has 0 saturated carbocycles. The molecule has 9 heteroatoms. The number of carboxylic acid groups (broad SMARTS) is 1. The van der Waals surface area contributed by atoms with Gasteiger partial charge in [-0.05, 0) is 48.9 Å². The van der Waals surface area contributed by atoms with Crippen LogP contribution in [-0.4, -0.2) is 53.2 Å². The third kappa shape index (κ3) is 6.06.